The van der Waals surface area contributed by atoms with Gasteiger partial charge in [-0.05, 0) is 56.3 Å². The molecule has 4 aliphatic rings. The highest BCUT2D eigenvalue weighted by Gasteiger charge is 2.51. The number of hydrogen-bond acceptors (Lipinski definition) is 2. The molecule has 104 valence electrons. The first-order valence-corrected chi connectivity index (χ1v) is 7.12. The van der Waals surface area contributed by atoms with Crippen molar-refractivity contribution in [1.29, 1.82) is 0 Å². The van der Waals surface area contributed by atoms with Crippen LogP contribution in [0.1, 0.15) is 45.4 Å². The van der Waals surface area contributed by atoms with E-state index in [1.807, 2.05) is 6.92 Å². The second-order valence-corrected chi connectivity index (χ2v) is 6.82. The molecule has 4 aliphatic carbocycles. The van der Waals surface area contributed by atoms with Gasteiger partial charge >= 0.3 is 0 Å². The van der Waals surface area contributed by atoms with Gasteiger partial charge in [-0.2, -0.15) is 0 Å². The maximum absolute atomic E-state index is 12.1. The van der Waals surface area contributed by atoms with Crippen LogP contribution in [0.2, 0.25) is 0 Å². The average Bonchev–Trinajstić information content (AvgIpc) is 2.25. The van der Waals surface area contributed by atoms with Crippen molar-refractivity contribution in [2.45, 2.75) is 51.0 Å². The van der Waals surface area contributed by atoms with Crippen molar-refractivity contribution in [3.05, 3.63) is 0 Å². The Bertz CT molecular complexity index is 296. The summed E-state index contributed by atoms with van der Waals surface area (Å²) in [6.45, 7) is 2.38. The molecule has 0 saturated heterocycles. The van der Waals surface area contributed by atoms with Crippen LogP contribution in [0.15, 0.2) is 0 Å². The van der Waals surface area contributed by atoms with E-state index < -0.39 is 0 Å². The summed E-state index contributed by atoms with van der Waals surface area (Å²) in [5.74, 6) is 2.79. The van der Waals surface area contributed by atoms with Crippen LogP contribution >= 0.6 is 12.4 Å². The van der Waals surface area contributed by atoms with Crippen LogP contribution in [0.25, 0.3) is 0 Å². The van der Waals surface area contributed by atoms with E-state index in [1.54, 1.807) is 0 Å². The van der Waals surface area contributed by atoms with Crippen LogP contribution in [0.4, 0.5) is 0 Å². The fraction of sp³-hybridized carbons (Fsp3) is 0.929. The predicted octanol–water partition coefficient (Wildman–Crippen LogP) is 2.09. The van der Waals surface area contributed by atoms with Crippen molar-refractivity contribution in [2.75, 3.05) is 6.54 Å². The number of hydrogen-bond donors (Lipinski definition) is 2. The number of carbonyl (C=O) groups is 1. The second-order valence-electron chi connectivity index (χ2n) is 6.82. The maximum Gasteiger partial charge on any atom is 0.224 e. The first-order valence-electron chi connectivity index (χ1n) is 7.12. The molecule has 1 atom stereocenters. The van der Waals surface area contributed by atoms with Gasteiger partial charge in [-0.1, -0.05) is 6.92 Å². The molecule has 0 spiro atoms. The molecule has 4 fully saturated rings. The van der Waals surface area contributed by atoms with E-state index >= 15 is 0 Å². The fourth-order valence-electron chi connectivity index (χ4n) is 4.76. The molecule has 4 rings (SSSR count). The fourth-order valence-corrected chi connectivity index (χ4v) is 4.76. The van der Waals surface area contributed by atoms with Crippen LogP contribution < -0.4 is 11.1 Å². The van der Waals surface area contributed by atoms with Crippen LogP contribution in [-0.4, -0.2) is 18.0 Å². The number of amides is 1. The molecule has 3 N–H and O–H groups in total. The van der Waals surface area contributed by atoms with Crippen molar-refractivity contribution in [2.24, 2.45) is 29.4 Å². The number of halogens is 1. The highest BCUT2D eigenvalue weighted by atomic mass is 35.5. The standard InChI is InChI=1S/C14H24N2O.ClH/c1-9(8-15)13(17)16-14-5-10-2-11(6-14)4-12(3-10)7-14;/h9-12H,2-8,15H2,1H3,(H,16,17);1H. The lowest BCUT2D eigenvalue weighted by atomic mass is 9.53. The molecule has 0 heterocycles. The normalized spacial score (nSPS) is 42.2. The lowest BCUT2D eigenvalue weighted by Gasteiger charge is -2.57. The van der Waals surface area contributed by atoms with Crippen molar-refractivity contribution < 1.29 is 4.79 Å². The molecular weight excluding hydrogens is 248 g/mol. The summed E-state index contributed by atoms with van der Waals surface area (Å²) in [5, 5.41) is 3.36. The Balaban J connectivity index is 0.00000120. The van der Waals surface area contributed by atoms with Gasteiger partial charge in [0.1, 0.15) is 0 Å². The molecule has 0 aromatic carbocycles. The van der Waals surface area contributed by atoms with Gasteiger partial charge in [-0.15, -0.1) is 12.4 Å². The molecule has 18 heavy (non-hydrogen) atoms. The van der Waals surface area contributed by atoms with Gasteiger partial charge in [-0.3, -0.25) is 4.79 Å². The van der Waals surface area contributed by atoms with Gasteiger partial charge in [-0.25, -0.2) is 0 Å². The van der Waals surface area contributed by atoms with Gasteiger partial charge in [0.05, 0.1) is 0 Å². The molecule has 4 heteroatoms. The van der Waals surface area contributed by atoms with Gasteiger partial charge < -0.3 is 11.1 Å². The molecule has 0 aliphatic heterocycles. The van der Waals surface area contributed by atoms with E-state index in [0.717, 1.165) is 17.8 Å². The lowest BCUT2D eigenvalue weighted by Crippen LogP contribution is -2.60. The summed E-state index contributed by atoms with van der Waals surface area (Å²) in [7, 11) is 0. The van der Waals surface area contributed by atoms with Gasteiger partial charge in [0.2, 0.25) is 5.91 Å². The summed E-state index contributed by atoms with van der Waals surface area (Å²) in [5.41, 5.74) is 5.73. The number of carbonyl (C=O) groups excluding carboxylic acids is 1. The highest BCUT2D eigenvalue weighted by Crippen LogP contribution is 2.55. The van der Waals surface area contributed by atoms with E-state index in [4.69, 9.17) is 5.73 Å². The summed E-state index contributed by atoms with van der Waals surface area (Å²) in [6.07, 6.45) is 7.93. The zero-order valence-electron chi connectivity index (χ0n) is 11.2. The Kier molecular flexibility index (Phi) is 3.93. The number of nitrogens with one attached hydrogen (secondary N) is 1. The van der Waals surface area contributed by atoms with E-state index in [-0.39, 0.29) is 29.8 Å². The van der Waals surface area contributed by atoms with Crippen LogP contribution in [0, 0.1) is 23.7 Å². The zero-order chi connectivity index (χ0) is 12.0. The molecule has 4 saturated carbocycles. The molecule has 0 radical (unpaired) electrons. The molecule has 1 unspecified atom stereocenters. The van der Waals surface area contributed by atoms with Crippen molar-refractivity contribution in [1.82, 2.24) is 5.32 Å². The summed E-state index contributed by atoms with van der Waals surface area (Å²) >= 11 is 0. The molecule has 0 aromatic heterocycles. The first-order chi connectivity index (χ1) is 8.10. The topological polar surface area (TPSA) is 55.1 Å². The van der Waals surface area contributed by atoms with Crippen LogP contribution in [0.5, 0.6) is 0 Å². The first kappa shape index (κ1) is 14.1. The average molecular weight is 273 g/mol. The van der Waals surface area contributed by atoms with Gasteiger partial charge in [0.25, 0.3) is 0 Å². The molecule has 0 aromatic rings. The Labute approximate surface area is 116 Å². The molecule has 3 nitrogen and oxygen atoms in total. The Morgan fingerprint density at radius 1 is 1.22 bits per heavy atom. The van der Waals surface area contributed by atoms with E-state index in [9.17, 15) is 4.79 Å². The van der Waals surface area contributed by atoms with Gasteiger partial charge in [0, 0.05) is 18.0 Å². The number of rotatable bonds is 3. The Hall–Kier alpha value is -0.280. The SMILES string of the molecule is CC(CN)C(=O)NC12CC3CC(CC(C3)C1)C2.Cl. The van der Waals surface area contributed by atoms with Crippen LogP contribution in [-0.2, 0) is 4.79 Å². The van der Waals surface area contributed by atoms with Crippen molar-refractivity contribution in [3.63, 3.8) is 0 Å². The predicted molar refractivity (Wildman–Crippen MR) is 74.5 cm³/mol. The smallest absolute Gasteiger partial charge is 0.224 e. The van der Waals surface area contributed by atoms with E-state index in [0.29, 0.717) is 6.54 Å². The largest absolute Gasteiger partial charge is 0.350 e. The van der Waals surface area contributed by atoms with E-state index in [1.165, 1.54) is 38.5 Å². The second kappa shape index (κ2) is 5.01. The van der Waals surface area contributed by atoms with E-state index in [2.05, 4.69) is 5.32 Å². The maximum atomic E-state index is 12.1. The monoisotopic (exact) mass is 272 g/mol. The quantitative estimate of drug-likeness (QED) is 0.827. The lowest BCUT2D eigenvalue weighted by molar-refractivity contribution is -0.130. The molecule has 1 amide bonds. The summed E-state index contributed by atoms with van der Waals surface area (Å²) in [4.78, 5) is 12.1. The Morgan fingerprint density at radius 3 is 2.06 bits per heavy atom. The third-order valence-electron chi connectivity index (χ3n) is 5.23. The minimum absolute atomic E-state index is 0. The van der Waals surface area contributed by atoms with Gasteiger partial charge in [0.15, 0.2) is 0 Å². The third kappa shape index (κ3) is 2.39. The third-order valence-corrected chi connectivity index (χ3v) is 5.23. The Morgan fingerprint density at radius 2 is 1.67 bits per heavy atom. The van der Waals surface area contributed by atoms with Crippen molar-refractivity contribution >= 4 is 18.3 Å². The summed E-state index contributed by atoms with van der Waals surface area (Å²) in [6, 6.07) is 0. The zero-order valence-corrected chi connectivity index (χ0v) is 12.0. The highest BCUT2D eigenvalue weighted by molar-refractivity contribution is 5.85. The summed E-state index contributed by atoms with van der Waals surface area (Å²) < 4.78 is 0. The minimum Gasteiger partial charge on any atom is -0.350 e. The molecule has 4 bridgehead atoms. The van der Waals surface area contributed by atoms with Crippen LogP contribution in [0.3, 0.4) is 0 Å². The number of nitrogens with two attached hydrogens (primary N) is 1. The minimum atomic E-state index is -0.0389. The van der Waals surface area contributed by atoms with Crippen molar-refractivity contribution in [3.8, 4) is 0 Å². The molecular formula is C14H25ClN2O.